The molecule has 0 aromatic heterocycles. The summed E-state index contributed by atoms with van der Waals surface area (Å²) in [6.07, 6.45) is -0.286. The molecule has 3 rings (SSSR count). The topological polar surface area (TPSA) is 38.3 Å². The molecule has 0 fully saturated rings. The highest BCUT2D eigenvalue weighted by Gasteiger charge is 2.45. The number of carbonyl (C=O) groups is 1. The highest BCUT2D eigenvalue weighted by atomic mass is 79.9. The van der Waals surface area contributed by atoms with E-state index in [9.17, 15) is 4.79 Å². The molecule has 4 heteroatoms. The second kappa shape index (κ2) is 6.00. The van der Waals surface area contributed by atoms with Crippen LogP contribution in [0.5, 0.6) is 0 Å². The van der Waals surface area contributed by atoms with E-state index < -0.39 is 0 Å². The van der Waals surface area contributed by atoms with Crippen LogP contribution in [0.25, 0.3) is 0 Å². The standard InChI is InChI=1S/C19H20BrNO2/c1-12(22)23-18-15-6-4-5-7-16(15)21-17(19(18,2)3)13-8-10-14(20)11-9-13/h4-11,17-18,21H,1-3H3/t17-,18+/m1/s1. The maximum absolute atomic E-state index is 11.6. The Morgan fingerprint density at radius 3 is 2.43 bits per heavy atom. The molecule has 23 heavy (non-hydrogen) atoms. The molecule has 2 aromatic rings. The summed E-state index contributed by atoms with van der Waals surface area (Å²) in [6, 6.07) is 16.4. The highest BCUT2D eigenvalue weighted by molar-refractivity contribution is 9.10. The number of hydrogen-bond donors (Lipinski definition) is 1. The molecule has 2 aromatic carbocycles. The van der Waals surface area contributed by atoms with Crippen molar-refractivity contribution < 1.29 is 9.53 Å². The summed E-state index contributed by atoms with van der Waals surface area (Å²) in [5, 5.41) is 3.62. The average molecular weight is 374 g/mol. The Morgan fingerprint density at radius 2 is 1.78 bits per heavy atom. The van der Waals surface area contributed by atoms with Gasteiger partial charge < -0.3 is 10.1 Å². The molecule has 1 N–H and O–H groups in total. The molecule has 0 aliphatic carbocycles. The zero-order valence-electron chi connectivity index (χ0n) is 13.5. The molecule has 0 saturated carbocycles. The van der Waals surface area contributed by atoms with Crippen LogP contribution in [0.1, 0.15) is 44.0 Å². The smallest absolute Gasteiger partial charge is 0.303 e. The fourth-order valence-corrected chi connectivity index (χ4v) is 3.56. The van der Waals surface area contributed by atoms with E-state index in [1.54, 1.807) is 0 Å². The van der Waals surface area contributed by atoms with Crippen LogP contribution >= 0.6 is 15.9 Å². The largest absolute Gasteiger partial charge is 0.457 e. The molecule has 0 saturated heterocycles. The van der Waals surface area contributed by atoms with E-state index in [1.165, 1.54) is 12.5 Å². The molecule has 2 atom stereocenters. The van der Waals surface area contributed by atoms with Gasteiger partial charge in [0.05, 0.1) is 6.04 Å². The van der Waals surface area contributed by atoms with E-state index in [-0.39, 0.29) is 23.5 Å². The van der Waals surface area contributed by atoms with Gasteiger partial charge in [0.15, 0.2) is 0 Å². The maximum Gasteiger partial charge on any atom is 0.303 e. The van der Waals surface area contributed by atoms with Crippen molar-refractivity contribution in [3.05, 3.63) is 64.1 Å². The number of fused-ring (bicyclic) bond motifs is 1. The average Bonchev–Trinajstić information content (AvgIpc) is 2.51. The van der Waals surface area contributed by atoms with Crippen molar-refractivity contribution in [2.75, 3.05) is 5.32 Å². The Morgan fingerprint density at radius 1 is 1.13 bits per heavy atom. The van der Waals surface area contributed by atoms with Crippen LogP contribution in [0.2, 0.25) is 0 Å². The molecule has 0 unspecified atom stereocenters. The molecule has 0 spiro atoms. The van der Waals surface area contributed by atoms with Crippen molar-refractivity contribution in [3.8, 4) is 0 Å². The number of carbonyl (C=O) groups excluding carboxylic acids is 1. The van der Waals surface area contributed by atoms with Gasteiger partial charge in [-0.15, -0.1) is 0 Å². The number of benzene rings is 2. The Labute approximate surface area is 145 Å². The molecule has 1 aliphatic heterocycles. The molecule has 1 heterocycles. The number of hydrogen-bond acceptors (Lipinski definition) is 3. The lowest BCUT2D eigenvalue weighted by Crippen LogP contribution is -2.40. The molecular formula is C19H20BrNO2. The number of para-hydroxylation sites is 1. The van der Waals surface area contributed by atoms with Gasteiger partial charge in [-0.1, -0.05) is 60.1 Å². The van der Waals surface area contributed by atoms with Crippen LogP contribution in [0.3, 0.4) is 0 Å². The first kappa shape index (κ1) is 16.1. The maximum atomic E-state index is 11.6. The van der Waals surface area contributed by atoms with Gasteiger partial charge in [-0.05, 0) is 23.8 Å². The predicted octanol–water partition coefficient (Wildman–Crippen LogP) is 5.25. The van der Waals surface area contributed by atoms with Gasteiger partial charge in [-0.25, -0.2) is 0 Å². The van der Waals surface area contributed by atoms with Crippen molar-refractivity contribution in [1.82, 2.24) is 0 Å². The summed E-state index contributed by atoms with van der Waals surface area (Å²) in [5.41, 5.74) is 2.94. The third kappa shape index (κ3) is 3.00. The summed E-state index contributed by atoms with van der Waals surface area (Å²) in [5.74, 6) is -0.255. The predicted molar refractivity (Wildman–Crippen MR) is 95.2 cm³/mol. The zero-order chi connectivity index (χ0) is 16.6. The van der Waals surface area contributed by atoms with E-state index in [0.29, 0.717) is 0 Å². The summed E-state index contributed by atoms with van der Waals surface area (Å²) in [7, 11) is 0. The SMILES string of the molecule is CC(=O)O[C@H]1c2ccccc2N[C@H](c2ccc(Br)cc2)C1(C)C. The highest BCUT2D eigenvalue weighted by Crippen LogP contribution is 2.53. The lowest BCUT2D eigenvalue weighted by atomic mass is 9.70. The Bertz CT molecular complexity index is 724. The van der Waals surface area contributed by atoms with Crippen LogP contribution in [-0.2, 0) is 9.53 Å². The van der Waals surface area contributed by atoms with Crippen LogP contribution in [0, 0.1) is 5.41 Å². The number of nitrogens with one attached hydrogen (secondary N) is 1. The molecule has 1 aliphatic rings. The van der Waals surface area contributed by atoms with Crippen molar-refractivity contribution in [1.29, 1.82) is 0 Å². The molecule has 0 radical (unpaired) electrons. The van der Waals surface area contributed by atoms with Crippen LogP contribution in [0.4, 0.5) is 5.69 Å². The summed E-state index contributed by atoms with van der Waals surface area (Å²) >= 11 is 3.48. The van der Waals surface area contributed by atoms with Crippen molar-refractivity contribution >= 4 is 27.6 Å². The second-order valence-electron chi connectivity index (χ2n) is 6.53. The quantitative estimate of drug-likeness (QED) is 0.730. The van der Waals surface area contributed by atoms with E-state index in [2.05, 4.69) is 47.2 Å². The third-order valence-electron chi connectivity index (χ3n) is 4.45. The van der Waals surface area contributed by atoms with Crippen LogP contribution < -0.4 is 5.32 Å². The van der Waals surface area contributed by atoms with Crippen molar-refractivity contribution in [2.24, 2.45) is 5.41 Å². The second-order valence-corrected chi connectivity index (χ2v) is 7.44. The lowest BCUT2D eigenvalue weighted by Gasteiger charge is -2.46. The minimum absolute atomic E-state index is 0.0508. The third-order valence-corrected chi connectivity index (χ3v) is 4.98. The molecule has 0 bridgehead atoms. The van der Waals surface area contributed by atoms with Gasteiger partial charge in [-0.3, -0.25) is 4.79 Å². The van der Waals surface area contributed by atoms with Gasteiger partial charge in [0.1, 0.15) is 6.10 Å². The van der Waals surface area contributed by atoms with E-state index >= 15 is 0 Å². The number of esters is 1. The first-order valence-electron chi connectivity index (χ1n) is 7.68. The molecule has 120 valence electrons. The first-order valence-corrected chi connectivity index (χ1v) is 8.47. The fraction of sp³-hybridized carbons (Fsp3) is 0.316. The van der Waals surface area contributed by atoms with Gasteiger partial charge in [0, 0.05) is 28.1 Å². The van der Waals surface area contributed by atoms with Crippen LogP contribution in [0.15, 0.2) is 53.0 Å². The zero-order valence-corrected chi connectivity index (χ0v) is 15.1. The van der Waals surface area contributed by atoms with Gasteiger partial charge in [0.2, 0.25) is 0 Å². The number of ether oxygens (including phenoxy) is 1. The summed E-state index contributed by atoms with van der Waals surface area (Å²) in [4.78, 5) is 11.6. The van der Waals surface area contributed by atoms with Crippen LogP contribution in [-0.4, -0.2) is 5.97 Å². The minimum atomic E-state index is -0.286. The van der Waals surface area contributed by atoms with Crippen molar-refractivity contribution in [2.45, 2.75) is 32.9 Å². The van der Waals surface area contributed by atoms with E-state index in [1.807, 2.05) is 36.4 Å². The number of anilines is 1. The van der Waals surface area contributed by atoms with E-state index in [0.717, 1.165) is 15.7 Å². The number of halogens is 1. The number of rotatable bonds is 2. The molecular weight excluding hydrogens is 354 g/mol. The van der Waals surface area contributed by atoms with E-state index in [4.69, 9.17) is 4.74 Å². The Hall–Kier alpha value is -1.81. The minimum Gasteiger partial charge on any atom is -0.457 e. The van der Waals surface area contributed by atoms with Gasteiger partial charge in [-0.2, -0.15) is 0 Å². The lowest BCUT2D eigenvalue weighted by molar-refractivity contribution is -0.154. The summed E-state index contributed by atoms with van der Waals surface area (Å²) < 4.78 is 6.77. The van der Waals surface area contributed by atoms with Gasteiger partial charge in [0.25, 0.3) is 0 Å². The first-order chi connectivity index (χ1) is 10.9. The molecule has 3 nitrogen and oxygen atoms in total. The Kier molecular flexibility index (Phi) is 4.19. The van der Waals surface area contributed by atoms with Gasteiger partial charge >= 0.3 is 5.97 Å². The van der Waals surface area contributed by atoms with Crippen molar-refractivity contribution in [3.63, 3.8) is 0 Å². The summed E-state index contributed by atoms with van der Waals surface area (Å²) in [6.45, 7) is 5.74. The molecule has 0 amide bonds. The monoisotopic (exact) mass is 373 g/mol. The fourth-order valence-electron chi connectivity index (χ4n) is 3.30. The Balaban J connectivity index is 2.09. The normalized spacial score (nSPS) is 21.9.